The highest BCUT2D eigenvalue weighted by Crippen LogP contribution is 2.22. The number of benzene rings is 1. The van der Waals surface area contributed by atoms with Crippen LogP contribution in [0.5, 0.6) is 5.75 Å². The molecule has 0 atom stereocenters. The molecule has 3 N–H and O–H groups in total. The predicted octanol–water partition coefficient (Wildman–Crippen LogP) is 1.96. The van der Waals surface area contributed by atoms with Crippen molar-refractivity contribution < 1.29 is 22.7 Å². The lowest BCUT2D eigenvalue weighted by atomic mass is 10.1. The summed E-state index contributed by atoms with van der Waals surface area (Å²) in [7, 11) is 1.35. The van der Waals surface area contributed by atoms with E-state index in [0.29, 0.717) is 5.69 Å². The molecule has 18 heavy (non-hydrogen) atoms. The number of anilines is 1. The third-order valence-electron chi connectivity index (χ3n) is 2.16. The summed E-state index contributed by atoms with van der Waals surface area (Å²) in [5, 5.41) is 2.17. The standard InChI is InChI=1S/C11H13F3N2O2/c1-18-9-6-7(15)2-3-8(9)10(17)16-5-4-11(12,13)14/h2-3,6H,4-5,15H2,1H3,(H,16,17). The molecule has 0 unspecified atom stereocenters. The minimum atomic E-state index is -4.29. The molecule has 0 bridgehead atoms. The van der Waals surface area contributed by atoms with Crippen LogP contribution in [0.25, 0.3) is 0 Å². The molecular weight excluding hydrogens is 249 g/mol. The topological polar surface area (TPSA) is 64.3 Å². The summed E-state index contributed by atoms with van der Waals surface area (Å²) in [6.07, 6.45) is -5.37. The highest BCUT2D eigenvalue weighted by Gasteiger charge is 2.26. The second-order valence-electron chi connectivity index (χ2n) is 3.58. The number of nitrogens with two attached hydrogens (primary N) is 1. The fourth-order valence-corrected chi connectivity index (χ4v) is 1.31. The van der Waals surface area contributed by atoms with Crippen molar-refractivity contribution in [2.75, 3.05) is 19.4 Å². The summed E-state index contributed by atoms with van der Waals surface area (Å²) in [6.45, 7) is -0.476. The van der Waals surface area contributed by atoms with E-state index in [2.05, 4.69) is 5.32 Å². The minimum Gasteiger partial charge on any atom is -0.496 e. The van der Waals surface area contributed by atoms with Crippen molar-refractivity contribution >= 4 is 11.6 Å². The molecule has 1 aromatic carbocycles. The molecule has 1 rings (SSSR count). The maximum Gasteiger partial charge on any atom is 0.390 e. The molecule has 0 aliphatic heterocycles. The molecule has 0 radical (unpaired) electrons. The zero-order chi connectivity index (χ0) is 13.8. The largest absolute Gasteiger partial charge is 0.496 e. The lowest BCUT2D eigenvalue weighted by molar-refractivity contribution is -0.132. The number of halogens is 3. The Kier molecular flexibility index (Phi) is 4.41. The van der Waals surface area contributed by atoms with E-state index < -0.39 is 25.0 Å². The summed E-state index contributed by atoms with van der Waals surface area (Å²) in [5.41, 5.74) is 6.05. The Balaban J connectivity index is 2.67. The third-order valence-corrected chi connectivity index (χ3v) is 2.16. The van der Waals surface area contributed by atoms with Gasteiger partial charge in [-0.2, -0.15) is 13.2 Å². The van der Waals surface area contributed by atoms with Gasteiger partial charge in [-0.1, -0.05) is 0 Å². The SMILES string of the molecule is COc1cc(N)ccc1C(=O)NCCC(F)(F)F. The van der Waals surface area contributed by atoms with Gasteiger partial charge in [-0.05, 0) is 12.1 Å². The average Bonchev–Trinajstić information content (AvgIpc) is 2.26. The highest BCUT2D eigenvalue weighted by atomic mass is 19.4. The highest BCUT2D eigenvalue weighted by molar-refractivity contribution is 5.97. The molecule has 0 heterocycles. The number of hydrogen-bond donors (Lipinski definition) is 2. The first-order valence-corrected chi connectivity index (χ1v) is 5.12. The number of alkyl halides is 3. The summed E-state index contributed by atoms with van der Waals surface area (Å²) >= 11 is 0. The van der Waals surface area contributed by atoms with Crippen LogP contribution in [0.4, 0.5) is 18.9 Å². The minimum absolute atomic E-state index is 0.147. The first-order valence-electron chi connectivity index (χ1n) is 5.12. The first kappa shape index (κ1) is 14.1. The molecule has 0 saturated carbocycles. The van der Waals surface area contributed by atoms with Gasteiger partial charge in [-0.15, -0.1) is 0 Å². The zero-order valence-corrected chi connectivity index (χ0v) is 9.67. The molecule has 0 saturated heterocycles. The van der Waals surface area contributed by atoms with E-state index in [1.165, 1.54) is 25.3 Å². The van der Waals surface area contributed by atoms with Crippen LogP contribution in [0, 0.1) is 0 Å². The van der Waals surface area contributed by atoms with Gasteiger partial charge in [0.25, 0.3) is 5.91 Å². The van der Waals surface area contributed by atoms with Crippen molar-refractivity contribution in [3.63, 3.8) is 0 Å². The lowest BCUT2D eigenvalue weighted by Gasteiger charge is -2.11. The van der Waals surface area contributed by atoms with Crippen LogP contribution < -0.4 is 15.8 Å². The predicted molar refractivity (Wildman–Crippen MR) is 60.4 cm³/mol. The monoisotopic (exact) mass is 262 g/mol. The molecule has 1 aromatic rings. The number of hydrogen-bond acceptors (Lipinski definition) is 3. The van der Waals surface area contributed by atoms with Gasteiger partial charge >= 0.3 is 6.18 Å². The fraction of sp³-hybridized carbons (Fsp3) is 0.364. The van der Waals surface area contributed by atoms with Crippen molar-refractivity contribution in [2.45, 2.75) is 12.6 Å². The molecule has 4 nitrogen and oxygen atoms in total. The third kappa shape index (κ3) is 4.15. The maximum atomic E-state index is 11.9. The number of nitrogens with one attached hydrogen (secondary N) is 1. The molecule has 7 heteroatoms. The van der Waals surface area contributed by atoms with Crippen LogP contribution in [-0.4, -0.2) is 25.7 Å². The molecule has 0 aliphatic rings. The Bertz CT molecular complexity index is 433. The van der Waals surface area contributed by atoms with Gasteiger partial charge in [0.15, 0.2) is 0 Å². The van der Waals surface area contributed by atoms with Crippen LogP contribution in [-0.2, 0) is 0 Å². The van der Waals surface area contributed by atoms with Gasteiger partial charge in [0.1, 0.15) is 5.75 Å². The van der Waals surface area contributed by atoms with E-state index in [1.54, 1.807) is 0 Å². The van der Waals surface area contributed by atoms with Gasteiger partial charge in [0.2, 0.25) is 0 Å². The smallest absolute Gasteiger partial charge is 0.390 e. The Morgan fingerprint density at radius 2 is 2.11 bits per heavy atom. The van der Waals surface area contributed by atoms with Crippen molar-refractivity contribution in [2.24, 2.45) is 0 Å². The normalized spacial score (nSPS) is 11.1. The molecule has 0 aliphatic carbocycles. The number of methoxy groups -OCH3 is 1. The Morgan fingerprint density at radius 3 is 2.67 bits per heavy atom. The average molecular weight is 262 g/mol. The number of ether oxygens (including phenoxy) is 1. The molecule has 0 fully saturated rings. The van der Waals surface area contributed by atoms with Crippen molar-refractivity contribution in [1.29, 1.82) is 0 Å². The van der Waals surface area contributed by atoms with Gasteiger partial charge in [-0.25, -0.2) is 0 Å². The zero-order valence-electron chi connectivity index (χ0n) is 9.67. The van der Waals surface area contributed by atoms with E-state index >= 15 is 0 Å². The molecule has 100 valence electrons. The Hall–Kier alpha value is -1.92. The van der Waals surface area contributed by atoms with Crippen LogP contribution >= 0.6 is 0 Å². The Morgan fingerprint density at radius 1 is 1.44 bits per heavy atom. The van der Waals surface area contributed by atoms with E-state index in [0.717, 1.165) is 0 Å². The van der Waals surface area contributed by atoms with Crippen molar-refractivity contribution in [1.82, 2.24) is 5.32 Å². The van der Waals surface area contributed by atoms with Crippen molar-refractivity contribution in [3.05, 3.63) is 23.8 Å². The summed E-state index contributed by atoms with van der Waals surface area (Å²) in [4.78, 5) is 11.6. The second kappa shape index (κ2) is 5.61. The summed E-state index contributed by atoms with van der Waals surface area (Å²) in [5.74, 6) is -0.407. The van der Waals surface area contributed by atoms with Crippen LogP contribution in [0.3, 0.4) is 0 Å². The molecule has 1 amide bonds. The summed E-state index contributed by atoms with van der Waals surface area (Å²) < 4.78 is 40.7. The van der Waals surface area contributed by atoms with E-state index in [1.807, 2.05) is 0 Å². The van der Waals surface area contributed by atoms with E-state index in [9.17, 15) is 18.0 Å². The molecule has 0 spiro atoms. The summed E-state index contributed by atoms with van der Waals surface area (Å²) in [6, 6.07) is 4.30. The van der Waals surface area contributed by atoms with Gasteiger partial charge < -0.3 is 15.8 Å². The van der Waals surface area contributed by atoms with Gasteiger partial charge in [-0.3, -0.25) is 4.79 Å². The lowest BCUT2D eigenvalue weighted by Crippen LogP contribution is -2.28. The quantitative estimate of drug-likeness (QED) is 0.815. The van der Waals surface area contributed by atoms with Crippen LogP contribution in [0.1, 0.15) is 16.8 Å². The van der Waals surface area contributed by atoms with E-state index in [4.69, 9.17) is 10.5 Å². The number of amides is 1. The van der Waals surface area contributed by atoms with Gasteiger partial charge in [0.05, 0.1) is 19.1 Å². The first-order chi connectivity index (χ1) is 8.33. The molecular formula is C11H13F3N2O2. The van der Waals surface area contributed by atoms with Crippen LogP contribution in [0.2, 0.25) is 0 Å². The number of carbonyl (C=O) groups is 1. The van der Waals surface area contributed by atoms with Crippen molar-refractivity contribution in [3.8, 4) is 5.75 Å². The number of carbonyl (C=O) groups excluding carboxylic acids is 1. The second-order valence-corrected chi connectivity index (χ2v) is 3.58. The van der Waals surface area contributed by atoms with E-state index in [-0.39, 0.29) is 11.3 Å². The fourth-order valence-electron chi connectivity index (χ4n) is 1.31. The number of rotatable bonds is 4. The maximum absolute atomic E-state index is 11.9. The van der Waals surface area contributed by atoms with Crippen LogP contribution in [0.15, 0.2) is 18.2 Å². The Labute approximate surface area is 102 Å². The number of nitrogen functional groups attached to an aromatic ring is 1. The molecule has 0 aromatic heterocycles. The van der Waals surface area contributed by atoms with Gasteiger partial charge in [0, 0.05) is 18.3 Å².